The van der Waals surface area contributed by atoms with Crippen LogP contribution in [-0.2, 0) is 12.6 Å². The molecular weight excluding hydrogens is 329 g/mol. The zero-order chi connectivity index (χ0) is 18.4. The number of carbonyl (C=O) groups excluding carboxylic acids is 1. The van der Waals surface area contributed by atoms with Crippen LogP contribution in [-0.4, -0.2) is 37.5 Å². The molecule has 6 heteroatoms. The van der Waals surface area contributed by atoms with E-state index in [1.165, 1.54) is 18.2 Å². The van der Waals surface area contributed by atoms with Crippen LogP contribution >= 0.6 is 0 Å². The van der Waals surface area contributed by atoms with Gasteiger partial charge in [0, 0.05) is 12.6 Å². The Balaban J connectivity index is 2.07. The molecule has 0 saturated carbocycles. The lowest BCUT2D eigenvalue weighted by Crippen LogP contribution is -2.42. The Morgan fingerprint density at radius 1 is 1.04 bits per heavy atom. The highest BCUT2D eigenvalue weighted by atomic mass is 19.4. The molecule has 0 saturated heterocycles. The summed E-state index contributed by atoms with van der Waals surface area (Å²) in [6, 6.07) is 14.5. The number of benzene rings is 2. The summed E-state index contributed by atoms with van der Waals surface area (Å²) < 4.78 is 39.1. The fourth-order valence-electron chi connectivity index (χ4n) is 2.56. The minimum absolute atomic E-state index is 0.0237. The first-order valence-corrected chi connectivity index (χ1v) is 7.94. The molecule has 25 heavy (non-hydrogen) atoms. The normalized spacial score (nSPS) is 12.9. The van der Waals surface area contributed by atoms with Gasteiger partial charge in [-0.1, -0.05) is 42.5 Å². The van der Waals surface area contributed by atoms with Crippen LogP contribution in [0.15, 0.2) is 54.6 Å². The molecule has 1 atom stereocenters. The lowest BCUT2D eigenvalue weighted by molar-refractivity contribution is -0.137. The Morgan fingerprint density at radius 2 is 1.64 bits per heavy atom. The Morgan fingerprint density at radius 3 is 2.24 bits per heavy atom. The smallest absolute Gasteiger partial charge is 0.350 e. The van der Waals surface area contributed by atoms with E-state index in [0.717, 1.165) is 11.6 Å². The molecule has 2 aromatic carbocycles. The van der Waals surface area contributed by atoms with E-state index < -0.39 is 17.6 Å². The van der Waals surface area contributed by atoms with Gasteiger partial charge in [0.15, 0.2) is 0 Å². The van der Waals surface area contributed by atoms with E-state index in [4.69, 9.17) is 0 Å². The second kappa shape index (κ2) is 8.16. The fraction of sp³-hybridized carbons (Fsp3) is 0.316. The first-order chi connectivity index (χ1) is 11.8. The summed E-state index contributed by atoms with van der Waals surface area (Å²) in [6.45, 7) is 0.257. The third-order valence-corrected chi connectivity index (χ3v) is 4.02. The van der Waals surface area contributed by atoms with Crippen LogP contribution in [0.5, 0.6) is 0 Å². The van der Waals surface area contributed by atoms with Crippen LogP contribution in [0.2, 0.25) is 0 Å². The van der Waals surface area contributed by atoms with Gasteiger partial charge in [-0.15, -0.1) is 0 Å². The van der Waals surface area contributed by atoms with Gasteiger partial charge in [0.1, 0.15) is 0 Å². The standard InChI is InChI=1S/C19H21F3N2O/c1-24(2)15(12-14-8-4-3-5-9-14)13-23-18(25)16-10-6-7-11-17(16)19(20,21)22/h3-11,15H,12-13H2,1-2H3,(H,23,25). The van der Waals surface area contributed by atoms with E-state index in [1.54, 1.807) is 0 Å². The van der Waals surface area contributed by atoms with Crippen molar-refractivity contribution < 1.29 is 18.0 Å². The SMILES string of the molecule is CN(C)C(CNC(=O)c1ccccc1C(F)(F)F)Cc1ccccc1. The summed E-state index contributed by atoms with van der Waals surface area (Å²) in [4.78, 5) is 14.2. The number of alkyl halides is 3. The third kappa shape index (κ3) is 5.32. The molecule has 0 aliphatic carbocycles. The van der Waals surface area contributed by atoms with Crippen LogP contribution < -0.4 is 5.32 Å². The molecule has 3 nitrogen and oxygen atoms in total. The van der Waals surface area contributed by atoms with Crippen LogP contribution in [0.1, 0.15) is 21.5 Å². The molecule has 0 aliphatic heterocycles. The molecule has 0 heterocycles. The topological polar surface area (TPSA) is 32.3 Å². The first kappa shape index (κ1) is 19.0. The number of amides is 1. The number of rotatable bonds is 6. The molecule has 1 unspecified atom stereocenters. The molecule has 0 fully saturated rings. The molecule has 2 rings (SSSR count). The molecule has 134 valence electrons. The minimum atomic E-state index is -4.56. The van der Waals surface area contributed by atoms with E-state index >= 15 is 0 Å². The van der Waals surface area contributed by atoms with Crippen LogP contribution in [0.4, 0.5) is 13.2 Å². The molecule has 0 spiro atoms. The highest BCUT2D eigenvalue weighted by molar-refractivity contribution is 5.95. The number of nitrogens with zero attached hydrogens (tertiary/aromatic N) is 1. The van der Waals surface area contributed by atoms with Crippen molar-refractivity contribution in [3.8, 4) is 0 Å². The monoisotopic (exact) mass is 350 g/mol. The van der Waals surface area contributed by atoms with Gasteiger partial charge in [0.2, 0.25) is 0 Å². The summed E-state index contributed by atoms with van der Waals surface area (Å²) in [6.07, 6.45) is -3.87. The zero-order valence-corrected chi connectivity index (χ0v) is 14.2. The van der Waals surface area contributed by atoms with Crippen molar-refractivity contribution in [2.75, 3.05) is 20.6 Å². The van der Waals surface area contributed by atoms with Gasteiger partial charge in [-0.2, -0.15) is 13.2 Å². The number of hydrogen-bond donors (Lipinski definition) is 1. The zero-order valence-electron chi connectivity index (χ0n) is 14.2. The van der Waals surface area contributed by atoms with E-state index in [0.29, 0.717) is 6.42 Å². The quantitative estimate of drug-likeness (QED) is 0.863. The number of hydrogen-bond acceptors (Lipinski definition) is 2. The summed E-state index contributed by atoms with van der Waals surface area (Å²) in [5.74, 6) is -0.715. The van der Waals surface area contributed by atoms with Gasteiger partial charge >= 0.3 is 6.18 Å². The second-order valence-corrected chi connectivity index (χ2v) is 6.06. The summed E-state index contributed by atoms with van der Waals surface area (Å²) in [7, 11) is 3.76. The largest absolute Gasteiger partial charge is 0.417 e. The Hall–Kier alpha value is -2.34. The molecule has 2 aromatic rings. The molecule has 0 aliphatic rings. The maximum Gasteiger partial charge on any atom is 0.417 e. The molecular formula is C19H21F3N2O. The van der Waals surface area contributed by atoms with E-state index in [2.05, 4.69) is 5.32 Å². The average Bonchev–Trinajstić information content (AvgIpc) is 2.58. The predicted molar refractivity (Wildman–Crippen MR) is 91.4 cm³/mol. The highest BCUT2D eigenvalue weighted by Crippen LogP contribution is 2.31. The lowest BCUT2D eigenvalue weighted by atomic mass is 10.0. The molecule has 0 aromatic heterocycles. The van der Waals surface area contributed by atoms with E-state index in [9.17, 15) is 18.0 Å². The molecule has 0 bridgehead atoms. The number of halogens is 3. The van der Waals surface area contributed by atoms with Gasteiger partial charge < -0.3 is 10.2 Å². The van der Waals surface area contributed by atoms with Crippen molar-refractivity contribution in [3.05, 3.63) is 71.3 Å². The van der Waals surface area contributed by atoms with Crippen molar-refractivity contribution >= 4 is 5.91 Å². The summed E-state index contributed by atoms with van der Waals surface area (Å²) in [5.41, 5.74) is -0.171. The first-order valence-electron chi connectivity index (χ1n) is 7.94. The maximum atomic E-state index is 13.0. The van der Waals surface area contributed by atoms with Crippen LogP contribution in [0, 0.1) is 0 Å². The minimum Gasteiger partial charge on any atom is -0.350 e. The van der Waals surface area contributed by atoms with Crippen molar-refractivity contribution in [1.29, 1.82) is 0 Å². The maximum absolute atomic E-state index is 13.0. The second-order valence-electron chi connectivity index (χ2n) is 6.06. The third-order valence-electron chi connectivity index (χ3n) is 4.02. The molecule has 1 N–H and O–H groups in total. The van der Waals surface area contributed by atoms with Gasteiger partial charge in [-0.3, -0.25) is 4.79 Å². The van der Waals surface area contributed by atoms with Crippen molar-refractivity contribution in [2.24, 2.45) is 0 Å². The Bertz CT molecular complexity index is 699. The van der Waals surface area contributed by atoms with E-state index in [1.807, 2.05) is 49.3 Å². The number of carbonyl (C=O) groups is 1. The van der Waals surface area contributed by atoms with Gasteiger partial charge in [0.25, 0.3) is 5.91 Å². The van der Waals surface area contributed by atoms with E-state index in [-0.39, 0.29) is 18.2 Å². The van der Waals surface area contributed by atoms with Crippen LogP contribution in [0.25, 0.3) is 0 Å². The van der Waals surface area contributed by atoms with Crippen LogP contribution in [0.3, 0.4) is 0 Å². The van der Waals surface area contributed by atoms with Crippen molar-refractivity contribution in [2.45, 2.75) is 18.6 Å². The van der Waals surface area contributed by atoms with Crippen molar-refractivity contribution in [3.63, 3.8) is 0 Å². The molecule has 0 radical (unpaired) electrons. The Labute approximate surface area is 145 Å². The summed E-state index contributed by atoms with van der Waals surface area (Å²) >= 11 is 0. The highest BCUT2D eigenvalue weighted by Gasteiger charge is 2.34. The number of nitrogens with one attached hydrogen (secondary N) is 1. The fourth-order valence-corrected chi connectivity index (χ4v) is 2.56. The molecule has 1 amide bonds. The van der Waals surface area contributed by atoms with Gasteiger partial charge in [-0.25, -0.2) is 0 Å². The summed E-state index contributed by atoms with van der Waals surface area (Å²) in [5, 5.41) is 2.63. The predicted octanol–water partition coefficient (Wildman–Crippen LogP) is 3.61. The van der Waals surface area contributed by atoms with Gasteiger partial charge in [-0.05, 0) is 38.2 Å². The average molecular weight is 350 g/mol. The van der Waals surface area contributed by atoms with Gasteiger partial charge in [0.05, 0.1) is 11.1 Å². The number of likely N-dealkylation sites (N-methyl/N-ethyl adjacent to an activating group) is 1. The van der Waals surface area contributed by atoms with Crippen molar-refractivity contribution in [1.82, 2.24) is 10.2 Å². The Kier molecular flexibility index (Phi) is 6.20. The lowest BCUT2D eigenvalue weighted by Gasteiger charge is -2.25.